The van der Waals surface area contributed by atoms with Gasteiger partial charge in [-0.1, -0.05) is 13.0 Å². The second-order valence-corrected chi connectivity index (χ2v) is 2.89. The van der Waals surface area contributed by atoms with Crippen LogP contribution in [0.3, 0.4) is 0 Å². The van der Waals surface area contributed by atoms with Crippen LogP contribution in [0.4, 0.5) is 4.39 Å². The Labute approximate surface area is 71.6 Å². The highest BCUT2D eigenvalue weighted by molar-refractivity contribution is 5.13. The molecule has 1 atom stereocenters. The van der Waals surface area contributed by atoms with Gasteiger partial charge in [0.25, 0.3) is 0 Å². The summed E-state index contributed by atoms with van der Waals surface area (Å²) in [4.78, 5) is 3.57. The molecule has 0 aliphatic carbocycles. The van der Waals surface area contributed by atoms with Gasteiger partial charge in [0, 0.05) is 6.20 Å². The third-order valence-electron chi connectivity index (χ3n) is 1.92. The number of pyridine rings is 1. The molecule has 0 saturated carbocycles. The molecular weight excluding hydrogens is 155 g/mol. The van der Waals surface area contributed by atoms with Crippen LogP contribution in [0.15, 0.2) is 18.3 Å². The monoisotopic (exact) mass is 168 g/mol. The van der Waals surface area contributed by atoms with Crippen molar-refractivity contribution in [1.29, 1.82) is 0 Å². The number of rotatable bonds is 3. The van der Waals surface area contributed by atoms with E-state index in [2.05, 4.69) is 11.9 Å². The lowest BCUT2D eigenvalue weighted by Gasteiger charge is -2.08. The van der Waals surface area contributed by atoms with Gasteiger partial charge in [-0.05, 0) is 30.5 Å². The molecule has 0 amide bonds. The van der Waals surface area contributed by atoms with Gasteiger partial charge in [0.05, 0.1) is 0 Å². The van der Waals surface area contributed by atoms with Crippen molar-refractivity contribution in [3.05, 3.63) is 29.8 Å². The molecule has 66 valence electrons. The molecule has 0 fully saturated rings. The Kier molecular flexibility index (Phi) is 3.17. The van der Waals surface area contributed by atoms with E-state index in [0.717, 1.165) is 12.0 Å². The van der Waals surface area contributed by atoms with Crippen molar-refractivity contribution in [2.75, 3.05) is 6.54 Å². The Morgan fingerprint density at radius 3 is 2.83 bits per heavy atom. The summed E-state index contributed by atoms with van der Waals surface area (Å²) in [5, 5.41) is 0. The summed E-state index contributed by atoms with van der Waals surface area (Å²) in [6, 6.07) is 3.13. The van der Waals surface area contributed by atoms with E-state index < -0.39 is 5.95 Å². The fraction of sp³-hybridized carbons (Fsp3) is 0.444. The van der Waals surface area contributed by atoms with Crippen LogP contribution in [0.5, 0.6) is 0 Å². The zero-order chi connectivity index (χ0) is 8.97. The Balaban J connectivity index is 2.68. The normalized spacial score (nSPS) is 12.9. The minimum atomic E-state index is -0.432. The second-order valence-electron chi connectivity index (χ2n) is 2.89. The van der Waals surface area contributed by atoms with Crippen LogP contribution in [0, 0.1) is 5.95 Å². The Hall–Kier alpha value is -0.960. The van der Waals surface area contributed by atoms with Crippen molar-refractivity contribution in [2.24, 2.45) is 5.73 Å². The summed E-state index contributed by atoms with van der Waals surface area (Å²) in [5.41, 5.74) is 6.45. The first kappa shape index (κ1) is 9.13. The van der Waals surface area contributed by atoms with Gasteiger partial charge in [-0.3, -0.25) is 0 Å². The summed E-state index contributed by atoms with van der Waals surface area (Å²) >= 11 is 0. The van der Waals surface area contributed by atoms with Gasteiger partial charge in [0.15, 0.2) is 0 Å². The van der Waals surface area contributed by atoms with Crippen LogP contribution < -0.4 is 5.73 Å². The van der Waals surface area contributed by atoms with Gasteiger partial charge in [0.2, 0.25) is 5.95 Å². The highest BCUT2D eigenvalue weighted by Crippen LogP contribution is 2.16. The number of nitrogens with two attached hydrogens (primary N) is 1. The van der Waals surface area contributed by atoms with E-state index in [1.54, 1.807) is 12.3 Å². The number of aromatic nitrogens is 1. The SMILES string of the molecule is CC(CCN)c1ccc(F)nc1. The van der Waals surface area contributed by atoms with E-state index in [4.69, 9.17) is 5.73 Å². The molecule has 0 aliphatic rings. The topological polar surface area (TPSA) is 38.9 Å². The molecule has 0 spiro atoms. The summed E-state index contributed by atoms with van der Waals surface area (Å²) in [6.45, 7) is 2.71. The third-order valence-corrected chi connectivity index (χ3v) is 1.92. The molecule has 1 heterocycles. The molecule has 2 nitrogen and oxygen atoms in total. The summed E-state index contributed by atoms with van der Waals surface area (Å²) in [5.74, 6) is -0.0678. The van der Waals surface area contributed by atoms with Crippen LogP contribution in [-0.4, -0.2) is 11.5 Å². The van der Waals surface area contributed by atoms with Gasteiger partial charge >= 0.3 is 0 Å². The fourth-order valence-corrected chi connectivity index (χ4v) is 1.10. The molecule has 1 unspecified atom stereocenters. The van der Waals surface area contributed by atoms with E-state index in [9.17, 15) is 4.39 Å². The van der Waals surface area contributed by atoms with Gasteiger partial charge < -0.3 is 5.73 Å². The Morgan fingerprint density at radius 2 is 2.33 bits per heavy atom. The van der Waals surface area contributed by atoms with E-state index >= 15 is 0 Å². The molecule has 1 aromatic heterocycles. The van der Waals surface area contributed by atoms with E-state index in [1.807, 2.05) is 0 Å². The number of hydrogen-bond donors (Lipinski definition) is 1. The van der Waals surface area contributed by atoms with Crippen molar-refractivity contribution in [3.63, 3.8) is 0 Å². The molecule has 0 bridgehead atoms. The van der Waals surface area contributed by atoms with Crippen molar-refractivity contribution in [1.82, 2.24) is 4.98 Å². The van der Waals surface area contributed by atoms with Crippen LogP contribution >= 0.6 is 0 Å². The van der Waals surface area contributed by atoms with Crippen LogP contribution in [0.25, 0.3) is 0 Å². The average molecular weight is 168 g/mol. The standard InChI is InChI=1S/C9H13FN2/c1-7(4-5-11)8-2-3-9(10)12-6-8/h2-3,6-7H,4-5,11H2,1H3. The quantitative estimate of drug-likeness (QED) is 0.697. The highest BCUT2D eigenvalue weighted by Gasteiger charge is 2.04. The number of hydrogen-bond acceptors (Lipinski definition) is 2. The van der Waals surface area contributed by atoms with Crippen LogP contribution in [-0.2, 0) is 0 Å². The molecular formula is C9H13FN2. The van der Waals surface area contributed by atoms with Crippen LogP contribution in [0.2, 0.25) is 0 Å². The first-order valence-electron chi connectivity index (χ1n) is 4.05. The first-order chi connectivity index (χ1) is 5.74. The van der Waals surface area contributed by atoms with Gasteiger partial charge in [-0.25, -0.2) is 4.98 Å². The largest absolute Gasteiger partial charge is 0.330 e. The minimum absolute atomic E-state index is 0.364. The van der Waals surface area contributed by atoms with Crippen LogP contribution in [0.1, 0.15) is 24.8 Å². The van der Waals surface area contributed by atoms with Crippen molar-refractivity contribution in [3.8, 4) is 0 Å². The van der Waals surface area contributed by atoms with E-state index in [0.29, 0.717) is 12.5 Å². The lowest BCUT2D eigenvalue weighted by molar-refractivity contribution is 0.578. The molecule has 2 N–H and O–H groups in total. The van der Waals surface area contributed by atoms with Crippen molar-refractivity contribution < 1.29 is 4.39 Å². The Morgan fingerprint density at radius 1 is 1.58 bits per heavy atom. The predicted octanol–water partition coefficient (Wildman–Crippen LogP) is 1.67. The maximum atomic E-state index is 12.4. The zero-order valence-corrected chi connectivity index (χ0v) is 7.13. The average Bonchev–Trinajstić information content (AvgIpc) is 2.06. The van der Waals surface area contributed by atoms with Gasteiger partial charge in [0.1, 0.15) is 0 Å². The number of halogens is 1. The molecule has 1 rings (SSSR count). The highest BCUT2D eigenvalue weighted by atomic mass is 19.1. The smallest absolute Gasteiger partial charge is 0.212 e. The first-order valence-corrected chi connectivity index (χ1v) is 4.05. The number of nitrogens with zero attached hydrogens (tertiary/aromatic N) is 1. The lowest BCUT2D eigenvalue weighted by atomic mass is 10.00. The molecule has 1 aromatic rings. The molecule has 0 aliphatic heterocycles. The van der Waals surface area contributed by atoms with E-state index in [-0.39, 0.29) is 0 Å². The second kappa shape index (κ2) is 4.16. The van der Waals surface area contributed by atoms with Gasteiger partial charge in [-0.2, -0.15) is 4.39 Å². The molecule has 3 heteroatoms. The molecule has 0 saturated heterocycles. The predicted molar refractivity (Wildman–Crippen MR) is 46.3 cm³/mol. The van der Waals surface area contributed by atoms with Crippen molar-refractivity contribution in [2.45, 2.75) is 19.3 Å². The maximum absolute atomic E-state index is 12.4. The fourth-order valence-electron chi connectivity index (χ4n) is 1.10. The molecule has 12 heavy (non-hydrogen) atoms. The minimum Gasteiger partial charge on any atom is -0.330 e. The van der Waals surface area contributed by atoms with Crippen molar-refractivity contribution >= 4 is 0 Å². The maximum Gasteiger partial charge on any atom is 0.212 e. The van der Waals surface area contributed by atoms with E-state index in [1.165, 1.54) is 6.07 Å². The Bertz CT molecular complexity index is 233. The molecule has 0 radical (unpaired) electrons. The third kappa shape index (κ3) is 2.27. The summed E-state index contributed by atoms with van der Waals surface area (Å²) in [7, 11) is 0. The zero-order valence-electron chi connectivity index (χ0n) is 7.13. The van der Waals surface area contributed by atoms with Gasteiger partial charge in [-0.15, -0.1) is 0 Å². The molecule has 0 aromatic carbocycles. The summed E-state index contributed by atoms with van der Waals surface area (Å²) < 4.78 is 12.4. The summed E-state index contributed by atoms with van der Waals surface area (Å²) in [6.07, 6.45) is 2.48. The lowest BCUT2D eigenvalue weighted by Crippen LogP contribution is -2.04.